The summed E-state index contributed by atoms with van der Waals surface area (Å²) in [7, 11) is 0. The first-order valence-corrected chi connectivity index (χ1v) is 6.80. The van der Waals surface area contributed by atoms with Crippen molar-refractivity contribution in [2.24, 2.45) is 16.8 Å². The van der Waals surface area contributed by atoms with Crippen LogP contribution in [0, 0.1) is 5.92 Å². The van der Waals surface area contributed by atoms with Crippen molar-refractivity contribution in [3.63, 3.8) is 0 Å². The highest BCUT2D eigenvalue weighted by atomic mass is 32.2. The number of carbonyl (C=O) groups is 1. The number of hydrogen-bond donors (Lipinski definition) is 3. The Morgan fingerprint density at radius 3 is 2.75 bits per heavy atom. The predicted octanol–water partition coefficient (Wildman–Crippen LogP) is 1.02. The highest BCUT2D eigenvalue weighted by Gasteiger charge is 2.20. The summed E-state index contributed by atoms with van der Waals surface area (Å²) in [6, 6.07) is 0. The topological polar surface area (TPSA) is 87.7 Å². The monoisotopic (exact) mass is 247 g/mol. The number of nitrogens with one attached hydrogen (secondary N) is 1. The highest BCUT2D eigenvalue weighted by Crippen LogP contribution is 2.03. The lowest BCUT2D eigenvalue weighted by Crippen LogP contribution is -2.39. The third-order valence-electron chi connectivity index (χ3n) is 2.27. The Morgan fingerprint density at radius 2 is 2.25 bits per heavy atom. The Bertz CT molecular complexity index is 234. The molecule has 0 saturated heterocycles. The molecule has 5 nitrogen and oxygen atoms in total. The van der Waals surface area contributed by atoms with E-state index >= 15 is 0 Å². The number of unbranched alkanes of at least 4 members (excludes halogenated alkanes) is 1. The van der Waals surface area contributed by atoms with E-state index in [-0.39, 0.29) is 11.7 Å². The zero-order valence-electron chi connectivity index (χ0n) is 9.90. The number of oxime groups is 1. The van der Waals surface area contributed by atoms with Crippen molar-refractivity contribution in [3.05, 3.63) is 0 Å². The summed E-state index contributed by atoms with van der Waals surface area (Å²) in [4.78, 5) is 11.6. The minimum Gasteiger partial charge on any atom is -0.409 e. The summed E-state index contributed by atoms with van der Waals surface area (Å²) in [5.41, 5.74) is 5.42. The second-order valence-corrected chi connectivity index (χ2v) is 4.46. The van der Waals surface area contributed by atoms with Crippen molar-refractivity contribution in [2.75, 3.05) is 18.6 Å². The lowest BCUT2D eigenvalue weighted by molar-refractivity contribution is -0.123. The van der Waals surface area contributed by atoms with E-state index < -0.39 is 5.92 Å². The van der Waals surface area contributed by atoms with Gasteiger partial charge < -0.3 is 16.3 Å². The van der Waals surface area contributed by atoms with Crippen LogP contribution < -0.4 is 11.1 Å². The third kappa shape index (κ3) is 5.85. The van der Waals surface area contributed by atoms with Crippen LogP contribution in [0.2, 0.25) is 0 Å². The van der Waals surface area contributed by atoms with Gasteiger partial charge in [0.15, 0.2) is 5.84 Å². The number of hydrogen-bond acceptors (Lipinski definition) is 4. The Kier molecular flexibility index (Phi) is 8.80. The number of amidine groups is 1. The second-order valence-electron chi connectivity index (χ2n) is 3.48. The number of carbonyl (C=O) groups excluding carboxylic acids is 1. The van der Waals surface area contributed by atoms with Gasteiger partial charge in [0.05, 0.1) is 5.92 Å². The molecule has 94 valence electrons. The van der Waals surface area contributed by atoms with Crippen LogP contribution in [0.5, 0.6) is 0 Å². The number of thioether (sulfide) groups is 1. The van der Waals surface area contributed by atoms with Crippen LogP contribution in [0.3, 0.4) is 0 Å². The quantitative estimate of drug-likeness (QED) is 0.196. The van der Waals surface area contributed by atoms with Crippen molar-refractivity contribution in [1.82, 2.24) is 5.32 Å². The minimum absolute atomic E-state index is 0.0240. The summed E-state index contributed by atoms with van der Waals surface area (Å²) in [5, 5.41) is 14.2. The molecule has 0 aliphatic heterocycles. The van der Waals surface area contributed by atoms with E-state index in [2.05, 4.69) is 16.7 Å². The van der Waals surface area contributed by atoms with Gasteiger partial charge in [0.1, 0.15) is 0 Å². The third-order valence-corrected chi connectivity index (χ3v) is 2.97. The average molecular weight is 247 g/mol. The zero-order chi connectivity index (χ0) is 12.4. The van der Waals surface area contributed by atoms with Crippen molar-refractivity contribution in [2.45, 2.75) is 26.2 Å². The summed E-state index contributed by atoms with van der Waals surface area (Å²) in [6.45, 7) is 2.48. The molecule has 0 aliphatic carbocycles. The molecule has 1 unspecified atom stereocenters. The van der Waals surface area contributed by atoms with Crippen molar-refractivity contribution >= 4 is 23.5 Å². The molecule has 0 aromatic heterocycles. The smallest absolute Gasteiger partial charge is 0.230 e. The standard InChI is InChI=1S/C10H21N3O2S/c1-3-8(9(11)13-15)10(14)12-6-4-5-7-16-2/h8,15H,3-7H2,1-2H3,(H2,11,13)(H,12,14). The lowest BCUT2D eigenvalue weighted by Gasteiger charge is -2.13. The number of rotatable bonds is 8. The van der Waals surface area contributed by atoms with Gasteiger partial charge in [-0.3, -0.25) is 4.79 Å². The largest absolute Gasteiger partial charge is 0.409 e. The van der Waals surface area contributed by atoms with Gasteiger partial charge in [-0.25, -0.2) is 0 Å². The van der Waals surface area contributed by atoms with Gasteiger partial charge in [-0.15, -0.1) is 0 Å². The molecule has 0 bridgehead atoms. The molecular formula is C10H21N3O2S. The van der Waals surface area contributed by atoms with Gasteiger partial charge in [0.2, 0.25) is 5.91 Å². The first kappa shape index (κ1) is 15.1. The van der Waals surface area contributed by atoms with Gasteiger partial charge in [0, 0.05) is 6.54 Å². The molecule has 16 heavy (non-hydrogen) atoms. The minimum atomic E-state index is -0.523. The predicted molar refractivity (Wildman–Crippen MR) is 67.8 cm³/mol. The summed E-state index contributed by atoms with van der Waals surface area (Å²) < 4.78 is 0. The van der Waals surface area contributed by atoms with Crippen molar-refractivity contribution < 1.29 is 10.0 Å². The molecule has 0 fully saturated rings. The Balaban J connectivity index is 3.85. The van der Waals surface area contributed by atoms with E-state index in [1.165, 1.54) is 0 Å². The van der Waals surface area contributed by atoms with E-state index in [0.717, 1.165) is 18.6 Å². The maximum atomic E-state index is 11.6. The fraction of sp³-hybridized carbons (Fsp3) is 0.800. The molecule has 0 aromatic rings. The molecule has 0 spiro atoms. The van der Waals surface area contributed by atoms with Crippen LogP contribution in [-0.4, -0.2) is 35.5 Å². The van der Waals surface area contributed by atoms with Crippen LogP contribution in [0.15, 0.2) is 5.16 Å². The first-order chi connectivity index (χ1) is 7.67. The maximum absolute atomic E-state index is 11.6. The normalized spacial score (nSPS) is 13.5. The molecule has 0 radical (unpaired) electrons. The van der Waals surface area contributed by atoms with Gasteiger partial charge in [-0.2, -0.15) is 11.8 Å². The van der Waals surface area contributed by atoms with Crippen molar-refractivity contribution in [1.29, 1.82) is 0 Å². The SMILES string of the molecule is CCC(C(=O)NCCCCSC)C(N)=NO. The van der Waals surface area contributed by atoms with Crippen molar-refractivity contribution in [3.8, 4) is 0 Å². The highest BCUT2D eigenvalue weighted by molar-refractivity contribution is 7.98. The van der Waals surface area contributed by atoms with E-state index in [1.54, 1.807) is 11.8 Å². The summed E-state index contributed by atoms with van der Waals surface area (Å²) in [6.07, 6.45) is 4.64. The van der Waals surface area contributed by atoms with E-state index in [4.69, 9.17) is 10.9 Å². The van der Waals surface area contributed by atoms with E-state index in [9.17, 15) is 4.79 Å². The van der Waals surface area contributed by atoms with Gasteiger partial charge in [0.25, 0.3) is 0 Å². The van der Waals surface area contributed by atoms with Gasteiger partial charge in [-0.05, 0) is 31.3 Å². The van der Waals surface area contributed by atoms with E-state index in [0.29, 0.717) is 13.0 Å². The Hall–Kier alpha value is -0.910. The van der Waals surface area contributed by atoms with Gasteiger partial charge in [-0.1, -0.05) is 12.1 Å². The van der Waals surface area contributed by atoms with Crippen LogP contribution in [0.4, 0.5) is 0 Å². The fourth-order valence-electron chi connectivity index (χ4n) is 1.30. The number of nitrogens with zero attached hydrogens (tertiary/aromatic N) is 1. The van der Waals surface area contributed by atoms with Gasteiger partial charge >= 0.3 is 0 Å². The molecule has 0 heterocycles. The van der Waals surface area contributed by atoms with Crippen LogP contribution in [-0.2, 0) is 4.79 Å². The number of amides is 1. The average Bonchev–Trinajstić information content (AvgIpc) is 2.29. The maximum Gasteiger partial charge on any atom is 0.230 e. The Morgan fingerprint density at radius 1 is 1.56 bits per heavy atom. The van der Waals surface area contributed by atoms with Crippen LogP contribution >= 0.6 is 11.8 Å². The molecule has 4 N–H and O–H groups in total. The molecule has 1 amide bonds. The molecule has 1 atom stereocenters. The molecule has 6 heteroatoms. The fourth-order valence-corrected chi connectivity index (χ4v) is 1.80. The van der Waals surface area contributed by atoms with Crippen LogP contribution in [0.25, 0.3) is 0 Å². The lowest BCUT2D eigenvalue weighted by atomic mass is 10.0. The molecular weight excluding hydrogens is 226 g/mol. The molecule has 0 aliphatic rings. The van der Waals surface area contributed by atoms with E-state index in [1.807, 2.05) is 6.92 Å². The summed E-state index contributed by atoms with van der Waals surface area (Å²) >= 11 is 1.79. The van der Waals surface area contributed by atoms with Crippen LogP contribution in [0.1, 0.15) is 26.2 Å². The molecule has 0 saturated carbocycles. The first-order valence-electron chi connectivity index (χ1n) is 5.41. The molecule has 0 aromatic carbocycles. The second kappa shape index (κ2) is 9.33. The Labute approximate surface area is 101 Å². The molecule has 0 rings (SSSR count). The number of nitrogens with two attached hydrogens (primary N) is 1. The zero-order valence-corrected chi connectivity index (χ0v) is 10.7. The summed E-state index contributed by atoms with van der Waals surface area (Å²) in [5.74, 6) is 0.393.